The maximum Gasteiger partial charge on any atom is 0.415 e. The van der Waals surface area contributed by atoms with E-state index in [1.165, 1.54) is 4.90 Å². The van der Waals surface area contributed by atoms with Crippen LogP contribution < -0.4 is 0 Å². The van der Waals surface area contributed by atoms with Gasteiger partial charge in [0.05, 0.1) is 6.04 Å². The van der Waals surface area contributed by atoms with Crippen LogP contribution in [0.15, 0.2) is 24.0 Å². The summed E-state index contributed by atoms with van der Waals surface area (Å²) in [5.41, 5.74) is 0. The van der Waals surface area contributed by atoms with Crippen LogP contribution in [-0.4, -0.2) is 29.9 Å². The van der Waals surface area contributed by atoms with Gasteiger partial charge < -0.3 is 9.53 Å². The van der Waals surface area contributed by atoms with E-state index in [4.69, 9.17) is 4.74 Å². The van der Waals surface area contributed by atoms with E-state index >= 15 is 0 Å². The summed E-state index contributed by atoms with van der Waals surface area (Å²) >= 11 is 0. The fourth-order valence-electron chi connectivity index (χ4n) is 1.99. The van der Waals surface area contributed by atoms with Gasteiger partial charge in [0.1, 0.15) is 12.0 Å². The molecule has 1 heterocycles. The molecule has 0 aromatic heterocycles. The highest BCUT2D eigenvalue weighted by Crippen LogP contribution is 2.19. The van der Waals surface area contributed by atoms with Gasteiger partial charge in [-0.05, 0) is 37.8 Å². The zero-order valence-corrected chi connectivity index (χ0v) is 9.09. The Morgan fingerprint density at radius 1 is 1.50 bits per heavy atom. The Balaban J connectivity index is 1.94. The van der Waals surface area contributed by atoms with Crippen LogP contribution in [0.2, 0.25) is 0 Å². The van der Waals surface area contributed by atoms with Crippen molar-refractivity contribution >= 4 is 12.4 Å². The minimum atomic E-state index is -0.410. The number of carbonyl (C=O) groups excluding carboxylic acids is 2. The first-order valence-corrected chi connectivity index (χ1v) is 5.61. The normalized spacial score (nSPS) is 24.1. The predicted octanol–water partition coefficient (Wildman–Crippen LogP) is 2.02. The lowest BCUT2D eigenvalue weighted by Gasteiger charge is -2.20. The first-order valence-electron chi connectivity index (χ1n) is 5.61. The molecule has 0 bridgehead atoms. The first-order chi connectivity index (χ1) is 7.81. The van der Waals surface area contributed by atoms with Crippen molar-refractivity contribution in [2.24, 2.45) is 0 Å². The van der Waals surface area contributed by atoms with Gasteiger partial charge in [0, 0.05) is 6.54 Å². The van der Waals surface area contributed by atoms with Gasteiger partial charge in [-0.3, -0.25) is 4.90 Å². The molecule has 4 heteroatoms. The SMILES string of the molecule is O=CC1CCCN1C(=O)OC1=CCCC=C1. The van der Waals surface area contributed by atoms with E-state index in [0.717, 1.165) is 32.0 Å². The van der Waals surface area contributed by atoms with Crippen molar-refractivity contribution < 1.29 is 14.3 Å². The number of allylic oxidation sites excluding steroid dienone is 3. The number of amides is 1. The second kappa shape index (κ2) is 4.96. The zero-order valence-electron chi connectivity index (χ0n) is 9.09. The quantitative estimate of drug-likeness (QED) is 0.670. The molecule has 4 nitrogen and oxygen atoms in total. The molecule has 0 radical (unpaired) electrons. The molecule has 0 N–H and O–H groups in total. The molecule has 1 aliphatic carbocycles. The van der Waals surface area contributed by atoms with Crippen LogP contribution in [0, 0.1) is 0 Å². The van der Waals surface area contributed by atoms with Crippen LogP contribution in [0.3, 0.4) is 0 Å². The average molecular weight is 221 g/mol. The monoisotopic (exact) mass is 221 g/mol. The molecule has 0 aromatic carbocycles. The summed E-state index contributed by atoms with van der Waals surface area (Å²) in [7, 11) is 0. The molecule has 0 aromatic rings. The van der Waals surface area contributed by atoms with Crippen LogP contribution in [0.5, 0.6) is 0 Å². The van der Waals surface area contributed by atoms with Gasteiger partial charge >= 0.3 is 6.09 Å². The van der Waals surface area contributed by atoms with E-state index in [1.54, 1.807) is 6.08 Å². The number of hydrogen-bond acceptors (Lipinski definition) is 3. The summed E-state index contributed by atoms with van der Waals surface area (Å²) in [5.74, 6) is 0.591. The lowest BCUT2D eigenvalue weighted by molar-refractivity contribution is -0.111. The maximum absolute atomic E-state index is 11.8. The van der Waals surface area contributed by atoms with Crippen LogP contribution >= 0.6 is 0 Å². The van der Waals surface area contributed by atoms with Crippen molar-refractivity contribution in [3.63, 3.8) is 0 Å². The van der Waals surface area contributed by atoms with Crippen LogP contribution in [0.4, 0.5) is 4.79 Å². The maximum atomic E-state index is 11.8. The van der Waals surface area contributed by atoms with Gasteiger partial charge in [0.2, 0.25) is 0 Å². The van der Waals surface area contributed by atoms with Gasteiger partial charge in [-0.25, -0.2) is 4.79 Å². The largest absolute Gasteiger partial charge is 0.415 e. The second-order valence-corrected chi connectivity index (χ2v) is 3.99. The third-order valence-electron chi connectivity index (χ3n) is 2.86. The number of rotatable bonds is 2. The Hall–Kier alpha value is -1.58. The second-order valence-electron chi connectivity index (χ2n) is 3.99. The van der Waals surface area contributed by atoms with E-state index in [1.807, 2.05) is 12.2 Å². The van der Waals surface area contributed by atoms with Crippen LogP contribution in [0.25, 0.3) is 0 Å². The zero-order chi connectivity index (χ0) is 11.4. The van der Waals surface area contributed by atoms with Gasteiger partial charge in [0.15, 0.2) is 0 Å². The number of hydrogen-bond donors (Lipinski definition) is 0. The van der Waals surface area contributed by atoms with Crippen molar-refractivity contribution in [2.45, 2.75) is 31.7 Å². The Labute approximate surface area is 94.6 Å². The summed E-state index contributed by atoms with van der Waals surface area (Å²) in [4.78, 5) is 24.0. The molecule has 1 amide bonds. The number of ether oxygens (including phenoxy) is 1. The van der Waals surface area contributed by atoms with Crippen molar-refractivity contribution in [2.75, 3.05) is 6.54 Å². The van der Waals surface area contributed by atoms with Crippen molar-refractivity contribution in [3.8, 4) is 0 Å². The molecular formula is C12H15NO3. The number of aldehydes is 1. The van der Waals surface area contributed by atoms with Gasteiger partial charge in [-0.1, -0.05) is 6.08 Å². The third kappa shape index (κ3) is 2.32. The molecule has 2 aliphatic rings. The Morgan fingerprint density at radius 3 is 3.06 bits per heavy atom. The fraction of sp³-hybridized carbons (Fsp3) is 0.500. The summed E-state index contributed by atoms with van der Waals surface area (Å²) in [6, 6.07) is -0.305. The van der Waals surface area contributed by atoms with Gasteiger partial charge in [0.25, 0.3) is 0 Å². The topological polar surface area (TPSA) is 46.6 Å². The lowest BCUT2D eigenvalue weighted by atomic mass is 10.2. The van der Waals surface area contributed by atoms with Gasteiger partial charge in [-0.2, -0.15) is 0 Å². The summed E-state index contributed by atoms with van der Waals surface area (Å²) in [6.45, 7) is 0.610. The molecule has 1 saturated heterocycles. The minimum Gasteiger partial charge on any atom is -0.411 e. The smallest absolute Gasteiger partial charge is 0.411 e. The third-order valence-corrected chi connectivity index (χ3v) is 2.86. The Morgan fingerprint density at radius 2 is 2.38 bits per heavy atom. The number of carbonyl (C=O) groups is 2. The van der Waals surface area contributed by atoms with E-state index < -0.39 is 6.09 Å². The highest BCUT2D eigenvalue weighted by Gasteiger charge is 2.29. The lowest BCUT2D eigenvalue weighted by Crippen LogP contribution is -2.36. The standard InChI is InChI=1S/C12H15NO3/c14-9-10-5-4-8-13(10)12(15)16-11-6-2-1-3-7-11/h2,6-7,9-10H,1,3-5,8H2. The first kappa shape index (κ1) is 10.9. The minimum absolute atomic E-state index is 0.305. The van der Waals surface area contributed by atoms with E-state index in [0.29, 0.717) is 12.3 Å². The summed E-state index contributed by atoms with van der Waals surface area (Å²) in [5, 5.41) is 0. The fourth-order valence-corrected chi connectivity index (χ4v) is 1.99. The van der Waals surface area contributed by atoms with Crippen LogP contribution in [-0.2, 0) is 9.53 Å². The number of likely N-dealkylation sites (tertiary alicyclic amines) is 1. The highest BCUT2D eigenvalue weighted by atomic mass is 16.6. The molecule has 0 spiro atoms. The average Bonchev–Trinajstić information content (AvgIpc) is 2.78. The molecule has 16 heavy (non-hydrogen) atoms. The molecular weight excluding hydrogens is 206 g/mol. The predicted molar refractivity (Wildman–Crippen MR) is 58.7 cm³/mol. The molecule has 1 aliphatic heterocycles. The molecule has 86 valence electrons. The molecule has 0 saturated carbocycles. The van der Waals surface area contributed by atoms with E-state index in [9.17, 15) is 9.59 Å². The molecule has 1 atom stereocenters. The van der Waals surface area contributed by atoms with Crippen molar-refractivity contribution in [3.05, 3.63) is 24.0 Å². The summed E-state index contributed by atoms with van der Waals surface area (Å²) < 4.78 is 5.21. The highest BCUT2D eigenvalue weighted by molar-refractivity contribution is 5.75. The Bertz CT molecular complexity index is 346. The molecule has 1 unspecified atom stereocenters. The van der Waals surface area contributed by atoms with E-state index in [-0.39, 0.29) is 6.04 Å². The van der Waals surface area contributed by atoms with Crippen molar-refractivity contribution in [1.29, 1.82) is 0 Å². The van der Waals surface area contributed by atoms with Gasteiger partial charge in [-0.15, -0.1) is 0 Å². The molecule has 2 rings (SSSR count). The molecule has 1 fully saturated rings. The van der Waals surface area contributed by atoms with Crippen molar-refractivity contribution in [1.82, 2.24) is 4.90 Å². The summed E-state index contributed by atoms with van der Waals surface area (Å²) in [6.07, 6.45) is 9.58. The van der Waals surface area contributed by atoms with E-state index in [2.05, 4.69) is 0 Å². The van der Waals surface area contributed by atoms with Crippen LogP contribution in [0.1, 0.15) is 25.7 Å². The Kier molecular flexibility index (Phi) is 3.39. The number of nitrogens with zero attached hydrogens (tertiary/aromatic N) is 1.